The minimum Gasteiger partial charge on any atom is -0.392 e. The fourth-order valence-electron chi connectivity index (χ4n) is 2.29. The Bertz CT molecular complexity index is 355. The number of halogens is 1. The first-order chi connectivity index (χ1) is 8.19. The molecule has 1 heterocycles. The van der Waals surface area contributed by atoms with Gasteiger partial charge in [-0.15, -0.1) is 0 Å². The molecule has 3 nitrogen and oxygen atoms in total. The van der Waals surface area contributed by atoms with Crippen LogP contribution in [0, 0.1) is 5.82 Å². The van der Waals surface area contributed by atoms with E-state index in [0.29, 0.717) is 0 Å². The average molecular weight is 238 g/mol. The number of nitrogens with zero attached hydrogens (tertiary/aromatic N) is 1. The summed E-state index contributed by atoms with van der Waals surface area (Å²) < 4.78 is 12.8. The molecule has 0 bridgehead atoms. The quantitative estimate of drug-likeness (QED) is 0.826. The van der Waals surface area contributed by atoms with E-state index in [1.165, 1.54) is 12.1 Å². The van der Waals surface area contributed by atoms with E-state index in [-0.39, 0.29) is 18.0 Å². The number of hydrogen-bond acceptors (Lipinski definition) is 3. The van der Waals surface area contributed by atoms with Crippen LogP contribution >= 0.6 is 0 Å². The summed E-state index contributed by atoms with van der Waals surface area (Å²) in [4.78, 5) is 2.23. The number of rotatable bonds is 4. The molecule has 2 N–H and O–H groups in total. The van der Waals surface area contributed by atoms with Gasteiger partial charge in [0.15, 0.2) is 0 Å². The lowest BCUT2D eigenvalue weighted by Gasteiger charge is -2.23. The number of likely N-dealkylation sites (tertiary alicyclic amines) is 1. The number of nitrogens with one attached hydrogen (secondary N) is 1. The maximum atomic E-state index is 12.8. The first-order valence-electron chi connectivity index (χ1n) is 6.02. The predicted octanol–water partition coefficient (Wildman–Crippen LogP) is 1.15. The third-order valence-electron chi connectivity index (χ3n) is 3.31. The van der Waals surface area contributed by atoms with Crippen molar-refractivity contribution in [2.24, 2.45) is 0 Å². The molecule has 1 aliphatic rings. The maximum Gasteiger partial charge on any atom is 0.123 e. The van der Waals surface area contributed by atoms with Crippen molar-refractivity contribution >= 4 is 0 Å². The van der Waals surface area contributed by atoms with Gasteiger partial charge in [0, 0.05) is 25.7 Å². The highest BCUT2D eigenvalue weighted by Crippen LogP contribution is 2.17. The molecule has 1 aromatic rings. The van der Waals surface area contributed by atoms with Crippen molar-refractivity contribution in [1.82, 2.24) is 10.2 Å². The van der Waals surface area contributed by atoms with E-state index >= 15 is 0 Å². The molecule has 1 fully saturated rings. The van der Waals surface area contributed by atoms with Gasteiger partial charge >= 0.3 is 0 Å². The number of likely N-dealkylation sites (N-methyl/N-ethyl adjacent to an activating group) is 1. The number of benzene rings is 1. The third-order valence-corrected chi connectivity index (χ3v) is 3.31. The molecule has 0 amide bonds. The number of aliphatic hydroxyl groups excluding tert-OH is 1. The van der Waals surface area contributed by atoms with Gasteiger partial charge in [-0.2, -0.15) is 0 Å². The van der Waals surface area contributed by atoms with Crippen LogP contribution < -0.4 is 5.32 Å². The largest absolute Gasteiger partial charge is 0.392 e. The summed E-state index contributed by atoms with van der Waals surface area (Å²) in [7, 11) is 1.90. The number of hydrogen-bond donors (Lipinski definition) is 2. The standard InChI is InChI=1S/C13H19FN2O/c1-15-13(9-16-7-6-12(17)8-16)10-2-4-11(14)5-3-10/h2-5,12-13,15,17H,6-9H2,1H3. The molecule has 2 rings (SSSR count). The molecule has 0 spiro atoms. The molecule has 2 atom stereocenters. The molecule has 1 aromatic carbocycles. The molecule has 0 aliphatic carbocycles. The normalized spacial score (nSPS) is 22.9. The zero-order valence-corrected chi connectivity index (χ0v) is 10.1. The zero-order chi connectivity index (χ0) is 12.3. The Hall–Kier alpha value is -0.970. The van der Waals surface area contributed by atoms with Crippen LogP contribution in [-0.4, -0.2) is 42.8 Å². The van der Waals surface area contributed by atoms with Crippen molar-refractivity contribution in [2.45, 2.75) is 18.6 Å². The minimum atomic E-state index is -0.208. The highest BCUT2D eigenvalue weighted by Gasteiger charge is 2.22. The van der Waals surface area contributed by atoms with Crippen molar-refractivity contribution in [2.75, 3.05) is 26.7 Å². The van der Waals surface area contributed by atoms with Crippen molar-refractivity contribution in [1.29, 1.82) is 0 Å². The molecule has 0 radical (unpaired) electrons. The Balaban J connectivity index is 1.98. The first kappa shape index (κ1) is 12.5. The summed E-state index contributed by atoms with van der Waals surface area (Å²) in [6, 6.07) is 6.77. The van der Waals surface area contributed by atoms with Crippen LogP contribution in [0.25, 0.3) is 0 Å². The molecule has 94 valence electrons. The van der Waals surface area contributed by atoms with Gasteiger partial charge in [0.25, 0.3) is 0 Å². The smallest absolute Gasteiger partial charge is 0.123 e. The van der Waals surface area contributed by atoms with Gasteiger partial charge in [0.1, 0.15) is 5.82 Å². The van der Waals surface area contributed by atoms with Crippen LogP contribution in [0.1, 0.15) is 18.0 Å². The van der Waals surface area contributed by atoms with Crippen LogP contribution in [0.5, 0.6) is 0 Å². The van der Waals surface area contributed by atoms with Crippen molar-refractivity contribution in [3.8, 4) is 0 Å². The lowest BCUT2D eigenvalue weighted by Crippen LogP contribution is -2.33. The van der Waals surface area contributed by atoms with Gasteiger partial charge in [0.2, 0.25) is 0 Å². The van der Waals surface area contributed by atoms with Gasteiger partial charge in [-0.05, 0) is 31.2 Å². The molecule has 1 aliphatic heterocycles. The number of aliphatic hydroxyl groups is 1. The zero-order valence-electron chi connectivity index (χ0n) is 10.1. The van der Waals surface area contributed by atoms with Gasteiger partial charge < -0.3 is 10.4 Å². The minimum absolute atomic E-state index is 0.181. The molecule has 2 unspecified atom stereocenters. The summed E-state index contributed by atoms with van der Waals surface area (Å²) in [5, 5.41) is 12.7. The van der Waals surface area contributed by atoms with Crippen LogP contribution in [0.15, 0.2) is 24.3 Å². The third kappa shape index (κ3) is 3.25. The highest BCUT2D eigenvalue weighted by molar-refractivity contribution is 5.20. The van der Waals surface area contributed by atoms with Gasteiger partial charge in [-0.25, -0.2) is 4.39 Å². The fourth-order valence-corrected chi connectivity index (χ4v) is 2.29. The van der Waals surface area contributed by atoms with Crippen LogP contribution in [0.2, 0.25) is 0 Å². The van der Waals surface area contributed by atoms with E-state index in [1.807, 2.05) is 19.2 Å². The molecule has 17 heavy (non-hydrogen) atoms. The van der Waals surface area contributed by atoms with Crippen LogP contribution in [-0.2, 0) is 0 Å². The van der Waals surface area contributed by atoms with Gasteiger partial charge in [-0.1, -0.05) is 12.1 Å². The highest BCUT2D eigenvalue weighted by atomic mass is 19.1. The van der Waals surface area contributed by atoms with Crippen LogP contribution in [0.4, 0.5) is 4.39 Å². The SMILES string of the molecule is CNC(CN1CCC(O)C1)c1ccc(F)cc1. The lowest BCUT2D eigenvalue weighted by atomic mass is 10.1. The molecule has 4 heteroatoms. The van der Waals surface area contributed by atoms with Crippen molar-refractivity contribution in [3.63, 3.8) is 0 Å². The van der Waals surface area contributed by atoms with Gasteiger partial charge in [0.05, 0.1) is 6.10 Å². The molecule has 0 saturated carbocycles. The second kappa shape index (κ2) is 5.58. The lowest BCUT2D eigenvalue weighted by molar-refractivity contribution is 0.173. The second-order valence-electron chi connectivity index (χ2n) is 4.59. The molecular formula is C13H19FN2O. The summed E-state index contributed by atoms with van der Waals surface area (Å²) in [5.74, 6) is -0.208. The Morgan fingerprint density at radius 3 is 2.71 bits per heavy atom. The Labute approximate surface area is 101 Å². The maximum absolute atomic E-state index is 12.8. The van der Waals surface area contributed by atoms with Crippen molar-refractivity contribution in [3.05, 3.63) is 35.6 Å². The van der Waals surface area contributed by atoms with Crippen LogP contribution in [0.3, 0.4) is 0 Å². The van der Waals surface area contributed by atoms with E-state index in [9.17, 15) is 9.50 Å². The number of β-amino-alcohol motifs (C(OH)–C–C–N with tert-alkyl or cyclic N) is 1. The Morgan fingerprint density at radius 1 is 1.47 bits per heavy atom. The van der Waals surface area contributed by atoms with E-state index in [4.69, 9.17) is 0 Å². The van der Waals surface area contributed by atoms with Gasteiger partial charge in [-0.3, -0.25) is 4.90 Å². The average Bonchev–Trinajstić information content (AvgIpc) is 2.73. The fraction of sp³-hybridized carbons (Fsp3) is 0.538. The van der Waals surface area contributed by atoms with E-state index in [0.717, 1.165) is 31.6 Å². The predicted molar refractivity (Wildman–Crippen MR) is 65.3 cm³/mol. The monoisotopic (exact) mass is 238 g/mol. The molecular weight excluding hydrogens is 219 g/mol. The topological polar surface area (TPSA) is 35.5 Å². The molecule has 0 aromatic heterocycles. The summed E-state index contributed by atoms with van der Waals surface area (Å²) in [6.45, 7) is 2.51. The summed E-state index contributed by atoms with van der Waals surface area (Å²) in [5.41, 5.74) is 1.08. The molecule has 1 saturated heterocycles. The van der Waals surface area contributed by atoms with E-state index < -0.39 is 0 Å². The van der Waals surface area contributed by atoms with E-state index in [2.05, 4.69) is 10.2 Å². The Morgan fingerprint density at radius 2 is 2.18 bits per heavy atom. The first-order valence-corrected chi connectivity index (χ1v) is 6.02. The summed E-state index contributed by atoms with van der Waals surface area (Å²) >= 11 is 0. The summed E-state index contributed by atoms with van der Waals surface area (Å²) in [6.07, 6.45) is 0.653. The van der Waals surface area contributed by atoms with Crippen molar-refractivity contribution < 1.29 is 9.50 Å². The van der Waals surface area contributed by atoms with E-state index in [1.54, 1.807) is 0 Å². The second-order valence-corrected chi connectivity index (χ2v) is 4.59. The Kier molecular flexibility index (Phi) is 4.10.